The molecule has 6 heterocycles. The van der Waals surface area contributed by atoms with E-state index in [4.69, 9.17) is 9.97 Å². The topological polar surface area (TPSA) is 60.4 Å². The van der Waals surface area contributed by atoms with Gasteiger partial charge in [0.1, 0.15) is 11.9 Å². The third kappa shape index (κ3) is 3.62. The molecule has 39 heavy (non-hydrogen) atoms. The molecule has 190 valence electrons. The van der Waals surface area contributed by atoms with Gasteiger partial charge in [-0.2, -0.15) is 0 Å². The summed E-state index contributed by atoms with van der Waals surface area (Å²) in [5.74, 6) is -1.14. The molecule has 2 aromatic carbocycles. The maximum absolute atomic E-state index is 14.0. The van der Waals surface area contributed by atoms with Gasteiger partial charge >= 0.3 is 21.1 Å². The standard InChI is InChI=1S/C30H16F2N6.Pt/c31-25-13-11-21-27(35-25)19-5-1-3-7-23(19)37-15-17(33-29(21)37)9-10-18-16-38-24-8-4-2-6-20(24)28-22(30(38)34-18)12-14-26(32)36-28;/h1-8,13-16H,9-10H2;/q-2;+2. The van der Waals surface area contributed by atoms with Crippen molar-refractivity contribution in [2.24, 2.45) is 0 Å². The van der Waals surface area contributed by atoms with Crippen molar-refractivity contribution in [1.82, 2.24) is 28.7 Å². The van der Waals surface area contributed by atoms with Crippen molar-refractivity contribution in [2.75, 3.05) is 0 Å². The fraction of sp³-hybridized carbons (Fsp3) is 0.0667. The zero-order valence-electron chi connectivity index (χ0n) is 20.1. The average Bonchev–Trinajstić information content (AvgIpc) is 3.57. The van der Waals surface area contributed by atoms with Crippen LogP contribution in [-0.2, 0) is 33.9 Å². The van der Waals surface area contributed by atoms with Gasteiger partial charge in [-0.1, -0.05) is 59.3 Å². The molecule has 0 aliphatic rings. The number of fused-ring (bicyclic) bond motifs is 12. The number of aryl methyl sites for hydroxylation is 2. The van der Waals surface area contributed by atoms with E-state index in [0.717, 1.165) is 33.2 Å². The first kappa shape index (κ1) is 23.8. The molecule has 0 aliphatic carbocycles. The van der Waals surface area contributed by atoms with Gasteiger partial charge in [0, 0.05) is 34.8 Å². The quantitative estimate of drug-likeness (QED) is 0.129. The van der Waals surface area contributed by atoms with Gasteiger partial charge in [0.2, 0.25) is 0 Å². The molecule has 0 fully saturated rings. The second-order valence-corrected chi connectivity index (χ2v) is 9.28. The molecule has 0 N–H and O–H groups in total. The van der Waals surface area contributed by atoms with Gasteiger partial charge in [0.05, 0.1) is 11.3 Å². The van der Waals surface area contributed by atoms with Gasteiger partial charge in [-0.05, 0) is 46.8 Å². The van der Waals surface area contributed by atoms with Crippen molar-refractivity contribution >= 4 is 54.9 Å². The van der Waals surface area contributed by atoms with E-state index in [-0.39, 0.29) is 21.1 Å². The summed E-state index contributed by atoms with van der Waals surface area (Å²) in [7, 11) is 0. The Balaban J connectivity index is 0.00000253. The number of halogens is 2. The van der Waals surface area contributed by atoms with Gasteiger partial charge in [0.25, 0.3) is 0 Å². The Hall–Kier alpha value is -4.29. The number of hydrogen-bond acceptors (Lipinski definition) is 4. The van der Waals surface area contributed by atoms with Crippen LogP contribution in [0.15, 0.2) is 73.1 Å². The molecular weight excluding hydrogens is 677 g/mol. The number of rotatable bonds is 3. The van der Waals surface area contributed by atoms with Crippen molar-refractivity contribution in [3.8, 4) is 0 Å². The van der Waals surface area contributed by atoms with E-state index in [1.54, 1.807) is 0 Å². The Morgan fingerprint density at radius 1 is 0.615 bits per heavy atom. The normalized spacial score (nSPS) is 11.8. The summed E-state index contributed by atoms with van der Waals surface area (Å²) in [5, 5.41) is 3.04. The van der Waals surface area contributed by atoms with E-state index in [9.17, 15) is 8.78 Å². The molecule has 8 rings (SSSR count). The predicted molar refractivity (Wildman–Crippen MR) is 141 cm³/mol. The first-order valence-corrected chi connectivity index (χ1v) is 12.2. The molecular formula is C30H16F2N6Pt. The van der Waals surface area contributed by atoms with E-state index >= 15 is 0 Å². The van der Waals surface area contributed by atoms with Crippen LogP contribution < -0.4 is 0 Å². The van der Waals surface area contributed by atoms with Gasteiger partial charge in [0.15, 0.2) is 0 Å². The van der Waals surface area contributed by atoms with Crippen molar-refractivity contribution in [3.63, 3.8) is 0 Å². The largest absolute Gasteiger partial charge is 2.00 e. The number of nitrogens with zero attached hydrogens (tertiary/aromatic N) is 6. The molecule has 6 aromatic heterocycles. The van der Waals surface area contributed by atoms with Gasteiger partial charge in [-0.25, -0.2) is 8.78 Å². The maximum atomic E-state index is 14.0. The summed E-state index contributed by atoms with van der Waals surface area (Å²) in [6.45, 7) is 0. The van der Waals surface area contributed by atoms with Crippen molar-refractivity contribution in [1.29, 1.82) is 0 Å². The number of hydrogen-bond donors (Lipinski definition) is 0. The maximum Gasteiger partial charge on any atom is 2.00 e. The molecule has 0 spiro atoms. The SMILES string of the molecule is Fc1c[c-]c2c(n1)c1ccccc1n1cc(CCc3cn4c5ccccc5c5nc(F)c[c-]c5c4n3)nc21.[Pt+2]. The van der Waals surface area contributed by atoms with Crippen LogP contribution in [0.4, 0.5) is 8.78 Å². The summed E-state index contributed by atoms with van der Waals surface area (Å²) < 4.78 is 32.0. The van der Waals surface area contributed by atoms with Gasteiger partial charge < -0.3 is 18.8 Å². The minimum Gasteiger partial charge on any atom is -0.340 e. The molecule has 0 atom stereocenters. The summed E-state index contributed by atoms with van der Waals surface area (Å²) >= 11 is 0. The fourth-order valence-electron chi connectivity index (χ4n) is 5.36. The van der Waals surface area contributed by atoms with E-state index in [2.05, 4.69) is 22.1 Å². The van der Waals surface area contributed by atoms with Crippen LogP contribution in [0.2, 0.25) is 0 Å². The van der Waals surface area contributed by atoms with E-state index < -0.39 is 11.9 Å². The first-order chi connectivity index (χ1) is 18.6. The minimum absolute atomic E-state index is 0. The molecule has 0 unspecified atom stereocenters. The third-order valence-corrected chi connectivity index (χ3v) is 7.02. The summed E-state index contributed by atoms with van der Waals surface area (Å²) in [6, 6.07) is 24.1. The molecule has 0 bridgehead atoms. The molecule has 6 nitrogen and oxygen atoms in total. The van der Waals surface area contributed by atoms with Crippen molar-refractivity contribution in [2.45, 2.75) is 12.8 Å². The number of pyridine rings is 4. The van der Waals surface area contributed by atoms with Crippen LogP contribution in [0.25, 0.3) is 54.9 Å². The zero-order valence-corrected chi connectivity index (χ0v) is 22.4. The molecule has 0 saturated heterocycles. The average molecular weight is 694 g/mol. The zero-order chi connectivity index (χ0) is 25.4. The molecule has 9 heteroatoms. The van der Waals surface area contributed by atoms with Gasteiger partial charge in [-0.3, -0.25) is 9.97 Å². The number of imidazole rings is 2. The molecule has 0 saturated carbocycles. The summed E-state index contributed by atoms with van der Waals surface area (Å²) in [4.78, 5) is 18.0. The van der Waals surface area contributed by atoms with E-state index in [1.165, 1.54) is 12.1 Å². The second kappa shape index (κ2) is 8.89. The Bertz CT molecular complexity index is 2080. The van der Waals surface area contributed by atoms with Crippen LogP contribution in [-0.4, -0.2) is 28.7 Å². The van der Waals surface area contributed by atoms with E-state index in [1.807, 2.05) is 69.7 Å². The van der Waals surface area contributed by atoms with Crippen LogP contribution in [0.5, 0.6) is 0 Å². The van der Waals surface area contributed by atoms with Crippen LogP contribution >= 0.6 is 0 Å². The minimum atomic E-state index is -0.569. The number of aromatic nitrogens is 6. The molecule has 0 aliphatic heterocycles. The first-order valence-electron chi connectivity index (χ1n) is 12.2. The van der Waals surface area contributed by atoms with E-state index in [0.29, 0.717) is 45.9 Å². The van der Waals surface area contributed by atoms with Crippen LogP contribution in [0.3, 0.4) is 0 Å². The second-order valence-electron chi connectivity index (χ2n) is 9.28. The third-order valence-electron chi connectivity index (χ3n) is 7.02. The fourth-order valence-corrected chi connectivity index (χ4v) is 5.36. The Labute approximate surface area is 234 Å². The van der Waals surface area contributed by atoms with Crippen LogP contribution in [0, 0.1) is 24.0 Å². The Kier molecular flexibility index (Phi) is 5.42. The number of benzene rings is 2. The van der Waals surface area contributed by atoms with Crippen LogP contribution in [0.1, 0.15) is 11.4 Å². The number of para-hydroxylation sites is 2. The van der Waals surface area contributed by atoms with Gasteiger partial charge in [-0.15, -0.1) is 12.1 Å². The summed E-state index contributed by atoms with van der Waals surface area (Å²) in [6.07, 6.45) is 5.30. The summed E-state index contributed by atoms with van der Waals surface area (Å²) in [5.41, 5.74) is 6.04. The smallest absolute Gasteiger partial charge is 0.340 e. The predicted octanol–water partition coefficient (Wildman–Crippen LogP) is 6.05. The molecule has 8 aromatic rings. The monoisotopic (exact) mass is 693 g/mol. The van der Waals surface area contributed by atoms with Crippen molar-refractivity contribution in [3.05, 3.63) is 108 Å². The Morgan fingerprint density at radius 3 is 1.51 bits per heavy atom. The molecule has 0 radical (unpaired) electrons. The molecule has 0 amide bonds. The van der Waals surface area contributed by atoms with Crippen molar-refractivity contribution < 1.29 is 29.8 Å². The Morgan fingerprint density at radius 2 is 1.05 bits per heavy atom.